The predicted octanol–water partition coefficient (Wildman–Crippen LogP) is 4.16. The molecular weight excluding hydrogens is 520 g/mol. The van der Waals surface area contributed by atoms with Gasteiger partial charge in [0.15, 0.2) is 5.78 Å². The number of carbonyl (C=O) groups excluding carboxylic acids is 2. The molecule has 0 bridgehead atoms. The molecule has 0 saturated carbocycles. The van der Waals surface area contributed by atoms with Gasteiger partial charge in [-0.3, -0.25) is 14.5 Å². The summed E-state index contributed by atoms with van der Waals surface area (Å²) in [7, 11) is 3.23. The summed E-state index contributed by atoms with van der Waals surface area (Å²) in [4.78, 5) is 31.9. The molecule has 1 atom stereocenters. The second-order valence-electron chi connectivity index (χ2n) is 11.8. The Kier molecular flexibility index (Phi) is 8.85. The number of allylic oxidation sites excluding steroid dienone is 1. The lowest BCUT2D eigenvalue weighted by Crippen LogP contribution is -2.43. The van der Waals surface area contributed by atoms with E-state index in [2.05, 4.69) is 29.4 Å². The number of ether oxygens (including phenoxy) is 3. The molecule has 2 heterocycles. The zero-order chi connectivity index (χ0) is 29.0. The van der Waals surface area contributed by atoms with Crippen LogP contribution < -0.4 is 25.0 Å². The third-order valence-corrected chi connectivity index (χ3v) is 8.13. The lowest BCUT2D eigenvalue weighted by Gasteiger charge is -2.38. The second-order valence-corrected chi connectivity index (χ2v) is 11.8. The minimum absolute atomic E-state index is 0.0790. The maximum absolute atomic E-state index is 13.9. The molecule has 1 aliphatic carbocycles. The van der Waals surface area contributed by atoms with Crippen LogP contribution in [0.3, 0.4) is 0 Å². The highest BCUT2D eigenvalue weighted by atomic mass is 16.5. The van der Waals surface area contributed by atoms with Gasteiger partial charge in [0.2, 0.25) is 5.91 Å². The number of amides is 1. The number of Topliss-reactive ketones (excluding diaryl/α,β-unsaturated/α-hetero) is 1. The molecule has 1 unspecified atom stereocenters. The van der Waals surface area contributed by atoms with Crippen molar-refractivity contribution in [1.82, 2.24) is 10.2 Å². The molecule has 9 heteroatoms. The van der Waals surface area contributed by atoms with E-state index in [-0.39, 0.29) is 23.7 Å². The number of nitrogens with zero attached hydrogens (tertiary/aromatic N) is 2. The number of morpholine rings is 1. The van der Waals surface area contributed by atoms with Crippen molar-refractivity contribution < 1.29 is 23.8 Å². The first-order valence-electron chi connectivity index (χ1n) is 14.5. The molecule has 41 heavy (non-hydrogen) atoms. The summed E-state index contributed by atoms with van der Waals surface area (Å²) < 4.78 is 16.7. The van der Waals surface area contributed by atoms with E-state index in [1.165, 1.54) is 0 Å². The Morgan fingerprint density at radius 2 is 1.88 bits per heavy atom. The number of benzene rings is 2. The number of nitrogens with one attached hydrogen (secondary N) is 2. The highest BCUT2D eigenvalue weighted by molar-refractivity contribution is 6.02. The number of methoxy groups -OCH3 is 2. The smallest absolute Gasteiger partial charge is 0.239 e. The molecule has 0 radical (unpaired) electrons. The summed E-state index contributed by atoms with van der Waals surface area (Å²) in [6.45, 7) is 9.23. The number of hydrogen-bond donors (Lipinski definition) is 2. The minimum atomic E-state index is -0.523. The zero-order valence-corrected chi connectivity index (χ0v) is 24.6. The van der Waals surface area contributed by atoms with Gasteiger partial charge in [0.25, 0.3) is 0 Å². The van der Waals surface area contributed by atoms with Crippen molar-refractivity contribution in [3.8, 4) is 11.5 Å². The van der Waals surface area contributed by atoms with Crippen molar-refractivity contribution in [3.05, 3.63) is 59.3 Å². The number of ketones is 1. The summed E-state index contributed by atoms with van der Waals surface area (Å²) >= 11 is 0. The maximum atomic E-state index is 13.9. The number of rotatable bonds is 9. The summed E-state index contributed by atoms with van der Waals surface area (Å²) in [6.07, 6.45) is 2.02. The van der Waals surface area contributed by atoms with E-state index in [9.17, 15) is 9.59 Å². The van der Waals surface area contributed by atoms with E-state index < -0.39 is 6.04 Å². The van der Waals surface area contributed by atoms with Crippen LogP contribution >= 0.6 is 0 Å². The molecule has 1 saturated heterocycles. The van der Waals surface area contributed by atoms with Gasteiger partial charge < -0.3 is 29.7 Å². The van der Waals surface area contributed by atoms with E-state index >= 15 is 0 Å². The van der Waals surface area contributed by atoms with Crippen molar-refractivity contribution in [2.24, 2.45) is 5.41 Å². The number of anilines is 2. The van der Waals surface area contributed by atoms with E-state index in [0.717, 1.165) is 68.3 Å². The molecule has 2 aromatic carbocycles. The molecular formula is C32H42N4O5. The van der Waals surface area contributed by atoms with Crippen LogP contribution in [0.1, 0.15) is 44.7 Å². The van der Waals surface area contributed by atoms with Crippen LogP contribution in [0.25, 0.3) is 0 Å². The monoisotopic (exact) mass is 562 g/mol. The molecule has 2 N–H and O–H groups in total. The fourth-order valence-electron chi connectivity index (χ4n) is 6.16. The molecule has 9 nitrogen and oxygen atoms in total. The van der Waals surface area contributed by atoms with Gasteiger partial charge in [-0.05, 0) is 49.1 Å². The molecule has 5 rings (SSSR count). The van der Waals surface area contributed by atoms with Crippen molar-refractivity contribution in [3.63, 3.8) is 0 Å². The van der Waals surface area contributed by atoms with E-state index in [1.807, 2.05) is 47.4 Å². The highest BCUT2D eigenvalue weighted by Crippen LogP contribution is 2.49. The first-order chi connectivity index (χ1) is 19.8. The second kappa shape index (κ2) is 12.5. The summed E-state index contributed by atoms with van der Waals surface area (Å²) in [5.41, 5.74) is 3.95. The average Bonchev–Trinajstić information content (AvgIpc) is 3.09. The van der Waals surface area contributed by atoms with Gasteiger partial charge in [0, 0.05) is 49.0 Å². The van der Waals surface area contributed by atoms with Gasteiger partial charge in [-0.1, -0.05) is 26.0 Å². The number of para-hydroxylation sites is 2. The lowest BCUT2D eigenvalue weighted by molar-refractivity contribution is -0.120. The van der Waals surface area contributed by atoms with Gasteiger partial charge in [0.05, 0.1) is 51.4 Å². The predicted molar refractivity (Wildman–Crippen MR) is 160 cm³/mol. The van der Waals surface area contributed by atoms with Crippen molar-refractivity contribution in [2.75, 3.05) is 70.4 Å². The summed E-state index contributed by atoms with van der Waals surface area (Å²) in [5.74, 6) is 1.25. The van der Waals surface area contributed by atoms with Crippen LogP contribution in [-0.4, -0.2) is 76.7 Å². The van der Waals surface area contributed by atoms with Crippen molar-refractivity contribution in [1.29, 1.82) is 0 Å². The first kappa shape index (κ1) is 29.0. The molecule has 1 amide bonds. The number of carbonyl (C=O) groups is 2. The Morgan fingerprint density at radius 3 is 2.63 bits per heavy atom. The van der Waals surface area contributed by atoms with Gasteiger partial charge in [0.1, 0.15) is 11.5 Å². The molecule has 2 aromatic rings. The standard InChI is InChI=1S/C32H42N4O5/c1-32(2)19-25-30(27(37)20-32)31(23-11-10-22(39-3)18-28(23)40-4)36(26-9-6-5-8-24(26)34-25)21-29(38)33-12-7-13-35-14-16-41-17-15-35/h5-6,8-11,18,31,34H,7,12-17,19-21H2,1-4H3,(H,33,38). The van der Waals surface area contributed by atoms with Crippen LogP contribution in [0.15, 0.2) is 53.7 Å². The van der Waals surface area contributed by atoms with E-state index in [0.29, 0.717) is 30.0 Å². The van der Waals surface area contributed by atoms with Crippen LogP contribution in [0.2, 0.25) is 0 Å². The van der Waals surface area contributed by atoms with Crippen LogP contribution in [0.5, 0.6) is 11.5 Å². The summed E-state index contributed by atoms with van der Waals surface area (Å²) in [5, 5.41) is 6.73. The van der Waals surface area contributed by atoms with Crippen molar-refractivity contribution in [2.45, 2.75) is 39.2 Å². The zero-order valence-electron chi connectivity index (χ0n) is 24.6. The van der Waals surface area contributed by atoms with E-state index in [1.54, 1.807) is 14.2 Å². The van der Waals surface area contributed by atoms with Gasteiger partial charge >= 0.3 is 0 Å². The molecule has 2 aliphatic heterocycles. The number of fused-ring (bicyclic) bond motifs is 1. The van der Waals surface area contributed by atoms with Crippen LogP contribution in [0.4, 0.5) is 11.4 Å². The third kappa shape index (κ3) is 6.52. The fourth-order valence-corrected chi connectivity index (χ4v) is 6.16. The maximum Gasteiger partial charge on any atom is 0.239 e. The molecule has 3 aliphatic rings. The van der Waals surface area contributed by atoms with Gasteiger partial charge in [-0.15, -0.1) is 0 Å². The largest absolute Gasteiger partial charge is 0.497 e. The Hall–Kier alpha value is -3.56. The quantitative estimate of drug-likeness (QED) is 0.441. The molecule has 0 aromatic heterocycles. The molecule has 220 valence electrons. The normalized spacial score (nSPS) is 20.4. The highest BCUT2D eigenvalue weighted by Gasteiger charge is 2.42. The molecule has 1 fully saturated rings. The van der Waals surface area contributed by atoms with Crippen molar-refractivity contribution >= 4 is 23.1 Å². The Labute approximate surface area is 242 Å². The third-order valence-electron chi connectivity index (χ3n) is 8.13. The van der Waals surface area contributed by atoms with Gasteiger partial charge in [-0.2, -0.15) is 0 Å². The van der Waals surface area contributed by atoms with Gasteiger partial charge in [-0.25, -0.2) is 0 Å². The SMILES string of the molecule is COc1ccc(C2C3=C(CC(C)(C)CC3=O)Nc3ccccc3N2CC(=O)NCCCN2CCOCC2)c(OC)c1. The first-order valence-corrected chi connectivity index (χ1v) is 14.5. The lowest BCUT2D eigenvalue weighted by atomic mass is 9.73. The Morgan fingerprint density at radius 1 is 1.10 bits per heavy atom. The topological polar surface area (TPSA) is 92.4 Å². The van der Waals surface area contributed by atoms with Crippen LogP contribution in [-0.2, 0) is 14.3 Å². The minimum Gasteiger partial charge on any atom is -0.497 e. The number of hydrogen-bond acceptors (Lipinski definition) is 8. The van der Waals surface area contributed by atoms with E-state index in [4.69, 9.17) is 14.2 Å². The molecule has 0 spiro atoms. The summed E-state index contributed by atoms with van der Waals surface area (Å²) in [6, 6.07) is 13.1. The van der Waals surface area contributed by atoms with Crippen LogP contribution in [0, 0.1) is 5.41 Å². The average molecular weight is 563 g/mol. The Balaban J connectivity index is 1.50. The fraction of sp³-hybridized carbons (Fsp3) is 0.500. The Bertz CT molecular complexity index is 1300.